The zero-order valence-electron chi connectivity index (χ0n) is 9.86. The molecule has 0 saturated carbocycles. The number of halogens is 4. The van der Waals surface area contributed by atoms with E-state index in [1.807, 2.05) is 0 Å². The highest BCUT2D eigenvalue weighted by molar-refractivity contribution is 7.66. The van der Waals surface area contributed by atoms with Gasteiger partial charge in [0.15, 0.2) is 9.82 Å². The molecule has 0 aliphatic rings. The molecular weight excluding hydrogens is 333 g/mol. The lowest BCUT2D eigenvalue weighted by Gasteiger charge is -2.07. The highest BCUT2D eigenvalue weighted by Gasteiger charge is 2.39. The van der Waals surface area contributed by atoms with Gasteiger partial charge in [-0.05, 0) is 41.0 Å². The molecule has 0 atom stereocenters. The number of rotatable bonds is 2. The number of hydrogen-bond donors (Lipinski definition) is 0. The molecule has 0 aliphatic heterocycles. The van der Waals surface area contributed by atoms with E-state index in [-0.39, 0.29) is 5.15 Å². The van der Waals surface area contributed by atoms with Crippen LogP contribution in [0.3, 0.4) is 0 Å². The summed E-state index contributed by atoms with van der Waals surface area (Å²) in [6.07, 6.45) is -4.88. The van der Waals surface area contributed by atoms with Crippen molar-refractivity contribution >= 4 is 43.9 Å². The van der Waals surface area contributed by atoms with E-state index < -0.39 is 17.5 Å². The Morgan fingerprint density at radius 2 is 2.10 bits per heavy atom. The van der Waals surface area contributed by atoms with Gasteiger partial charge in [-0.15, -0.1) is 0 Å². The molecule has 2 rings (SSSR count). The van der Waals surface area contributed by atoms with E-state index in [4.69, 9.17) is 11.6 Å². The first-order valence-corrected chi connectivity index (χ1v) is 7.66. The third-order valence-electron chi connectivity index (χ3n) is 2.35. The second kappa shape index (κ2) is 5.63. The summed E-state index contributed by atoms with van der Waals surface area (Å²) in [4.78, 5) is 15.3. The fraction of sp³-hybridized carbons (Fsp3) is 0.182. The molecule has 0 bridgehead atoms. The Balaban J connectivity index is 2.42. The Bertz CT molecular complexity index is 721. The Labute approximate surface area is 123 Å². The number of aryl methyl sites for hydroxylation is 1. The second-order valence-corrected chi connectivity index (χ2v) is 5.98. The van der Waals surface area contributed by atoms with E-state index >= 15 is 0 Å². The van der Waals surface area contributed by atoms with E-state index in [0.29, 0.717) is 15.9 Å². The second-order valence-electron chi connectivity index (χ2n) is 3.79. The summed E-state index contributed by atoms with van der Waals surface area (Å²) in [5.41, 5.74) is 0.490. The monoisotopic (exact) mass is 338 g/mol. The Hall–Kier alpha value is -1.25. The number of ketones is 1. The van der Waals surface area contributed by atoms with Gasteiger partial charge in [0.1, 0.15) is 0 Å². The molecule has 0 aliphatic carbocycles. The third kappa shape index (κ3) is 3.25. The smallest absolute Gasteiger partial charge is 0.284 e. The van der Waals surface area contributed by atoms with Crippen LogP contribution < -0.4 is 4.67 Å². The number of benzene rings is 1. The van der Waals surface area contributed by atoms with Crippen LogP contribution in [0.2, 0.25) is 5.15 Å². The molecule has 20 heavy (non-hydrogen) atoms. The van der Waals surface area contributed by atoms with Gasteiger partial charge in [-0.25, -0.2) is 4.99 Å². The highest BCUT2D eigenvalue weighted by atomic mass is 35.5. The standard InChI is InChI=1S/C11H6ClF3N2OS2/c1-5-4-6(8(18)11(13,14)15)2-3-7(5)16-10-9(12)17-20-19-10/h2-4H,1H3. The van der Waals surface area contributed by atoms with Crippen LogP contribution in [0.25, 0.3) is 0 Å². The third-order valence-corrected chi connectivity index (χ3v) is 4.52. The molecule has 0 spiro atoms. The minimum absolute atomic E-state index is 0.245. The van der Waals surface area contributed by atoms with Crippen LogP contribution in [0.5, 0.6) is 0 Å². The first kappa shape index (κ1) is 15.1. The number of hydrogen-bond acceptors (Lipinski definition) is 5. The van der Waals surface area contributed by atoms with Crippen LogP contribution in [0.1, 0.15) is 15.9 Å². The molecule has 1 aromatic carbocycles. The van der Waals surface area contributed by atoms with Gasteiger partial charge in [0, 0.05) is 16.1 Å². The van der Waals surface area contributed by atoms with Gasteiger partial charge in [-0.2, -0.15) is 17.5 Å². The number of nitrogens with zero attached hydrogens (tertiary/aromatic N) is 2. The predicted octanol–water partition coefficient (Wildman–Crippen LogP) is 4.14. The van der Waals surface area contributed by atoms with Crippen molar-refractivity contribution in [3.05, 3.63) is 39.2 Å². The lowest BCUT2D eigenvalue weighted by molar-refractivity contribution is -0.0885. The SMILES string of the molecule is Cc1cc(C(=O)C(F)(F)F)ccc1N=c1ssnc1Cl. The van der Waals surface area contributed by atoms with Crippen LogP contribution in [0, 0.1) is 6.92 Å². The molecule has 0 N–H and O–H groups in total. The number of aromatic nitrogens is 1. The molecule has 2 aromatic rings. The van der Waals surface area contributed by atoms with Crippen molar-refractivity contribution in [2.75, 3.05) is 0 Å². The van der Waals surface area contributed by atoms with Crippen molar-refractivity contribution in [3.63, 3.8) is 0 Å². The first-order chi connectivity index (χ1) is 9.29. The Morgan fingerprint density at radius 3 is 2.60 bits per heavy atom. The molecule has 0 unspecified atom stereocenters. The van der Waals surface area contributed by atoms with E-state index in [1.165, 1.54) is 26.9 Å². The van der Waals surface area contributed by atoms with E-state index in [0.717, 1.165) is 12.1 Å². The topological polar surface area (TPSA) is 42.3 Å². The average Bonchev–Trinajstić information content (AvgIpc) is 2.75. The van der Waals surface area contributed by atoms with Crippen LogP contribution in [0.4, 0.5) is 18.9 Å². The molecule has 0 fully saturated rings. The molecule has 9 heteroatoms. The van der Waals surface area contributed by atoms with Crippen molar-refractivity contribution in [2.24, 2.45) is 4.99 Å². The van der Waals surface area contributed by atoms with Gasteiger partial charge in [0.25, 0.3) is 5.78 Å². The van der Waals surface area contributed by atoms with Crippen LogP contribution >= 0.6 is 32.5 Å². The highest BCUT2D eigenvalue weighted by Crippen LogP contribution is 2.25. The lowest BCUT2D eigenvalue weighted by atomic mass is 10.1. The molecule has 0 radical (unpaired) electrons. The normalized spacial score (nSPS) is 12.8. The molecule has 0 saturated heterocycles. The number of alkyl halides is 3. The number of carbonyl (C=O) groups is 1. The summed E-state index contributed by atoms with van der Waals surface area (Å²) in [7, 11) is 2.42. The van der Waals surface area contributed by atoms with E-state index in [9.17, 15) is 18.0 Å². The van der Waals surface area contributed by atoms with Crippen LogP contribution in [-0.2, 0) is 0 Å². The van der Waals surface area contributed by atoms with Crippen molar-refractivity contribution in [1.29, 1.82) is 0 Å². The zero-order chi connectivity index (χ0) is 14.9. The zero-order valence-corrected chi connectivity index (χ0v) is 12.3. The average molecular weight is 339 g/mol. The largest absolute Gasteiger partial charge is 0.454 e. The Morgan fingerprint density at radius 1 is 1.40 bits per heavy atom. The molecule has 1 heterocycles. The van der Waals surface area contributed by atoms with Crippen LogP contribution in [0.15, 0.2) is 23.2 Å². The summed E-state index contributed by atoms with van der Waals surface area (Å²) in [5.74, 6) is -1.87. The van der Waals surface area contributed by atoms with Crippen molar-refractivity contribution in [1.82, 2.24) is 4.37 Å². The minimum Gasteiger partial charge on any atom is -0.284 e. The maximum Gasteiger partial charge on any atom is 0.454 e. The summed E-state index contributed by atoms with van der Waals surface area (Å²) < 4.78 is 41.3. The van der Waals surface area contributed by atoms with Crippen molar-refractivity contribution in [2.45, 2.75) is 13.1 Å². The summed E-state index contributed by atoms with van der Waals surface area (Å²) in [5, 5.41) is 0.245. The maximum absolute atomic E-state index is 12.3. The molecule has 106 valence electrons. The summed E-state index contributed by atoms with van der Waals surface area (Å²) >= 11 is 5.80. The fourth-order valence-corrected chi connectivity index (χ4v) is 3.40. The van der Waals surface area contributed by atoms with Gasteiger partial charge in [0.2, 0.25) is 0 Å². The lowest BCUT2D eigenvalue weighted by Crippen LogP contribution is -2.22. The van der Waals surface area contributed by atoms with Gasteiger partial charge in [-0.1, -0.05) is 11.6 Å². The van der Waals surface area contributed by atoms with E-state index in [1.54, 1.807) is 6.92 Å². The number of Topliss-reactive ketones (excluding diaryl/α,β-unsaturated/α-hetero) is 1. The molecule has 3 nitrogen and oxygen atoms in total. The molecule has 1 aromatic heterocycles. The van der Waals surface area contributed by atoms with Crippen molar-refractivity contribution in [3.8, 4) is 0 Å². The summed E-state index contributed by atoms with van der Waals surface area (Å²) in [6.45, 7) is 1.57. The van der Waals surface area contributed by atoms with E-state index in [2.05, 4.69) is 9.37 Å². The molecular formula is C11H6ClF3N2OS2. The minimum atomic E-state index is -4.88. The van der Waals surface area contributed by atoms with Gasteiger partial charge < -0.3 is 0 Å². The maximum atomic E-state index is 12.3. The summed E-state index contributed by atoms with van der Waals surface area (Å²) in [6, 6.07) is 3.61. The number of carbonyl (C=O) groups excluding carboxylic acids is 1. The molecule has 0 amide bonds. The van der Waals surface area contributed by atoms with Crippen molar-refractivity contribution < 1.29 is 18.0 Å². The van der Waals surface area contributed by atoms with Gasteiger partial charge >= 0.3 is 6.18 Å². The quantitative estimate of drug-likeness (QED) is 0.610. The Kier molecular flexibility index (Phi) is 4.26. The van der Waals surface area contributed by atoms with Gasteiger partial charge in [0.05, 0.1) is 5.69 Å². The van der Waals surface area contributed by atoms with Gasteiger partial charge in [-0.3, -0.25) is 4.79 Å². The van der Waals surface area contributed by atoms with Crippen LogP contribution in [-0.4, -0.2) is 16.3 Å². The predicted molar refractivity (Wildman–Crippen MR) is 71.8 cm³/mol. The first-order valence-electron chi connectivity index (χ1n) is 5.17. The fourth-order valence-electron chi connectivity index (χ4n) is 1.42.